The molecular formula is C13H20FN5O4. The largest absolute Gasteiger partial charge is 0.482 e. The Balaban J connectivity index is 1.86. The van der Waals surface area contributed by atoms with Gasteiger partial charge in [0, 0.05) is 7.11 Å². The predicted octanol–water partition coefficient (Wildman–Crippen LogP) is -1.14. The number of methoxy groups -OCH3 is 2. The highest BCUT2D eigenvalue weighted by molar-refractivity contribution is 5.99. The van der Waals surface area contributed by atoms with Gasteiger partial charge in [-0.15, -0.1) is 0 Å². The Hall–Kier alpha value is -1.78. The van der Waals surface area contributed by atoms with Crippen LogP contribution >= 0.6 is 0 Å². The Morgan fingerprint density at radius 1 is 1.52 bits per heavy atom. The zero-order chi connectivity index (χ0) is 16.8. The second-order valence-electron chi connectivity index (χ2n) is 5.79. The number of rotatable bonds is 3. The van der Waals surface area contributed by atoms with Gasteiger partial charge in [-0.1, -0.05) is 0 Å². The van der Waals surface area contributed by atoms with E-state index in [0.717, 1.165) is 0 Å². The number of halogens is 1. The van der Waals surface area contributed by atoms with Gasteiger partial charge < -0.3 is 30.0 Å². The van der Waals surface area contributed by atoms with Gasteiger partial charge in [0.25, 0.3) is 0 Å². The van der Waals surface area contributed by atoms with E-state index in [2.05, 4.69) is 15.0 Å². The molecule has 0 aliphatic carbocycles. The highest BCUT2D eigenvalue weighted by Gasteiger charge is 2.58. The van der Waals surface area contributed by atoms with E-state index in [1.165, 1.54) is 32.4 Å². The first-order chi connectivity index (χ1) is 10.9. The highest BCUT2D eigenvalue weighted by atomic mass is 19.1. The summed E-state index contributed by atoms with van der Waals surface area (Å²) < 4.78 is 30.8. The normalized spacial score (nSPS) is 42.5. The summed E-state index contributed by atoms with van der Waals surface area (Å²) in [6, 6.07) is -0.523. The van der Waals surface area contributed by atoms with E-state index < -0.39 is 36.3 Å². The molecular weight excluding hydrogens is 309 g/mol. The van der Waals surface area contributed by atoms with Gasteiger partial charge in [0.2, 0.25) is 11.9 Å². The molecule has 0 bridgehead atoms. The molecule has 6 atom stereocenters. The van der Waals surface area contributed by atoms with E-state index in [1.807, 2.05) is 0 Å². The number of nitrogens with two attached hydrogens (primary N) is 1. The molecule has 0 saturated carbocycles. The summed E-state index contributed by atoms with van der Waals surface area (Å²) in [5, 5.41) is 10.2. The molecule has 0 radical (unpaired) electrons. The van der Waals surface area contributed by atoms with Crippen molar-refractivity contribution in [1.82, 2.24) is 4.90 Å². The first kappa shape index (κ1) is 16.1. The van der Waals surface area contributed by atoms with Crippen LogP contribution < -0.4 is 5.73 Å². The van der Waals surface area contributed by atoms with Crippen molar-refractivity contribution in [1.29, 1.82) is 0 Å². The molecule has 128 valence electrons. The average Bonchev–Trinajstić information content (AvgIpc) is 3.01. The minimum absolute atomic E-state index is 0.0196. The minimum Gasteiger partial charge on any atom is -0.482 e. The molecule has 3 aliphatic rings. The fourth-order valence-electron chi connectivity index (χ4n) is 3.03. The van der Waals surface area contributed by atoms with Crippen LogP contribution in [0.15, 0.2) is 15.0 Å². The van der Waals surface area contributed by atoms with E-state index in [9.17, 15) is 5.11 Å². The van der Waals surface area contributed by atoms with Gasteiger partial charge in [0.05, 0.1) is 20.1 Å². The first-order valence-electron chi connectivity index (χ1n) is 7.18. The topological polar surface area (TPSA) is 114 Å². The molecule has 10 heteroatoms. The van der Waals surface area contributed by atoms with Crippen molar-refractivity contribution in [3.63, 3.8) is 0 Å². The monoisotopic (exact) mass is 329 g/mol. The Labute approximate surface area is 132 Å². The first-order valence-corrected chi connectivity index (χ1v) is 7.18. The van der Waals surface area contributed by atoms with E-state index in [0.29, 0.717) is 5.90 Å². The Morgan fingerprint density at radius 2 is 2.26 bits per heavy atom. The van der Waals surface area contributed by atoms with E-state index in [-0.39, 0.29) is 12.6 Å². The Kier molecular flexibility index (Phi) is 3.98. The summed E-state index contributed by atoms with van der Waals surface area (Å²) in [6.07, 6.45) is -2.40. The van der Waals surface area contributed by atoms with Crippen molar-refractivity contribution in [2.45, 2.75) is 43.2 Å². The zero-order valence-electron chi connectivity index (χ0n) is 13.1. The number of aliphatic hydroxyl groups excluding tert-OH is 1. The molecule has 3 aliphatic heterocycles. The third-order valence-electron chi connectivity index (χ3n) is 4.22. The molecule has 3 rings (SSSR count). The van der Waals surface area contributed by atoms with Crippen LogP contribution in [0.5, 0.6) is 0 Å². The zero-order valence-corrected chi connectivity index (χ0v) is 13.1. The molecule has 3 heterocycles. The Morgan fingerprint density at radius 3 is 2.91 bits per heavy atom. The van der Waals surface area contributed by atoms with Crippen LogP contribution in [0, 0.1) is 0 Å². The molecule has 1 saturated heterocycles. The molecule has 0 aromatic heterocycles. The number of aliphatic hydroxyl groups is 1. The SMILES string of the molecule is COC[C@H]1O[C@@H](N2C=NC3C(OC)=NC(N)=NC32)[C@](C)(F)[C@@H]1O. The third-order valence-corrected chi connectivity index (χ3v) is 4.22. The molecule has 3 N–H and O–H groups in total. The van der Waals surface area contributed by atoms with Gasteiger partial charge in [0.15, 0.2) is 24.1 Å². The van der Waals surface area contributed by atoms with E-state index in [1.54, 1.807) is 0 Å². The third kappa shape index (κ3) is 2.46. The lowest BCUT2D eigenvalue weighted by atomic mass is 9.97. The van der Waals surface area contributed by atoms with Gasteiger partial charge in [-0.3, -0.25) is 4.99 Å². The van der Waals surface area contributed by atoms with Gasteiger partial charge >= 0.3 is 0 Å². The lowest BCUT2D eigenvalue weighted by molar-refractivity contribution is -0.0890. The number of nitrogens with zero attached hydrogens (tertiary/aromatic N) is 4. The molecule has 0 aromatic carbocycles. The lowest BCUT2D eigenvalue weighted by Crippen LogP contribution is -2.54. The van der Waals surface area contributed by atoms with Crippen molar-refractivity contribution in [3.8, 4) is 0 Å². The maximum Gasteiger partial charge on any atom is 0.220 e. The number of ether oxygens (including phenoxy) is 3. The summed E-state index contributed by atoms with van der Waals surface area (Å²) >= 11 is 0. The minimum atomic E-state index is -2.03. The van der Waals surface area contributed by atoms with Gasteiger partial charge in [0.1, 0.15) is 12.2 Å². The van der Waals surface area contributed by atoms with E-state index in [4.69, 9.17) is 19.9 Å². The molecule has 1 fully saturated rings. The van der Waals surface area contributed by atoms with Crippen LogP contribution in [-0.2, 0) is 14.2 Å². The van der Waals surface area contributed by atoms with Crippen molar-refractivity contribution in [2.24, 2.45) is 20.7 Å². The lowest BCUT2D eigenvalue weighted by Gasteiger charge is -2.35. The van der Waals surface area contributed by atoms with Crippen LogP contribution in [0.25, 0.3) is 0 Å². The number of fused-ring (bicyclic) bond motifs is 1. The highest BCUT2D eigenvalue weighted by Crippen LogP contribution is 2.39. The van der Waals surface area contributed by atoms with Crippen LogP contribution in [0.1, 0.15) is 6.92 Å². The average molecular weight is 329 g/mol. The van der Waals surface area contributed by atoms with Crippen molar-refractivity contribution in [3.05, 3.63) is 0 Å². The van der Waals surface area contributed by atoms with Gasteiger partial charge in [-0.2, -0.15) is 4.99 Å². The predicted molar refractivity (Wildman–Crippen MR) is 80.0 cm³/mol. The summed E-state index contributed by atoms with van der Waals surface area (Å²) in [5.74, 6) is 0.319. The Bertz CT molecular complexity index is 567. The second-order valence-corrected chi connectivity index (χ2v) is 5.79. The number of alkyl halides is 1. The molecule has 23 heavy (non-hydrogen) atoms. The molecule has 0 aromatic rings. The smallest absolute Gasteiger partial charge is 0.220 e. The van der Waals surface area contributed by atoms with E-state index >= 15 is 4.39 Å². The van der Waals surface area contributed by atoms with Crippen LogP contribution in [-0.4, -0.2) is 85.3 Å². The summed E-state index contributed by atoms with van der Waals surface area (Å²) in [5.41, 5.74) is 3.65. The maximum atomic E-state index is 15.1. The van der Waals surface area contributed by atoms with Crippen LogP contribution in [0.4, 0.5) is 4.39 Å². The van der Waals surface area contributed by atoms with Crippen LogP contribution in [0.2, 0.25) is 0 Å². The second kappa shape index (κ2) is 5.69. The molecule has 0 amide bonds. The van der Waals surface area contributed by atoms with Gasteiger partial charge in [-0.25, -0.2) is 9.38 Å². The summed E-state index contributed by atoms with van der Waals surface area (Å²) in [4.78, 5) is 13.9. The van der Waals surface area contributed by atoms with Crippen molar-refractivity contribution in [2.75, 3.05) is 20.8 Å². The number of hydrogen-bond acceptors (Lipinski definition) is 9. The summed E-state index contributed by atoms with van der Waals surface area (Å²) in [6.45, 7) is 1.35. The maximum absolute atomic E-state index is 15.1. The van der Waals surface area contributed by atoms with Crippen molar-refractivity contribution < 1.29 is 23.7 Å². The molecule has 2 unspecified atom stereocenters. The molecule has 0 spiro atoms. The number of aliphatic imine (C=N–C) groups is 3. The fraction of sp³-hybridized carbons (Fsp3) is 0.769. The summed E-state index contributed by atoms with van der Waals surface area (Å²) in [7, 11) is 2.91. The van der Waals surface area contributed by atoms with Crippen LogP contribution in [0.3, 0.4) is 0 Å². The number of hydrogen-bond donors (Lipinski definition) is 2. The van der Waals surface area contributed by atoms with Gasteiger partial charge in [-0.05, 0) is 6.92 Å². The quantitative estimate of drug-likeness (QED) is 0.676. The van der Waals surface area contributed by atoms with Crippen molar-refractivity contribution >= 4 is 18.2 Å². The number of guanidine groups is 1. The fourth-order valence-corrected chi connectivity index (χ4v) is 3.03. The molecule has 9 nitrogen and oxygen atoms in total. The standard InChI is InChI=1S/C13H20FN5O4/c1-13(14)8(20)6(4-21-2)23-11(13)19-5-16-7-9(19)17-12(15)18-10(7)22-3/h5-9,11,20H,4H2,1-3H3,(H2,15,17)/t6-,7?,8-,9?,11-,13-/m1/s1.